The number of carbonyl (C=O) groups excluding carboxylic acids is 2. The lowest BCUT2D eigenvalue weighted by Gasteiger charge is -2.16. The molecule has 2 aromatic carbocycles. The van der Waals surface area contributed by atoms with Gasteiger partial charge in [0, 0.05) is 30.2 Å². The summed E-state index contributed by atoms with van der Waals surface area (Å²) in [7, 11) is 1.42. The third-order valence-electron chi connectivity index (χ3n) is 7.11. The van der Waals surface area contributed by atoms with Crippen LogP contribution in [0.3, 0.4) is 0 Å². The highest BCUT2D eigenvalue weighted by Gasteiger charge is 2.32. The Morgan fingerprint density at radius 2 is 1.80 bits per heavy atom. The van der Waals surface area contributed by atoms with E-state index in [1.165, 1.54) is 43.4 Å². The molecule has 1 aliphatic carbocycles. The zero-order chi connectivity index (χ0) is 29.3. The molecule has 1 atom stereocenters. The normalized spacial score (nSPS) is 14.2. The van der Waals surface area contributed by atoms with Gasteiger partial charge in [0.2, 0.25) is 5.71 Å². The highest BCUT2D eigenvalue weighted by molar-refractivity contribution is 6.11. The molecule has 214 valence electrons. The van der Waals surface area contributed by atoms with Crippen molar-refractivity contribution in [3.8, 4) is 22.5 Å². The van der Waals surface area contributed by atoms with Gasteiger partial charge in [0.05, 0.1) is 29.3 Å². The molecule has 1 fully saturated rings. The summed E-state index contributed by atoms with van der Waals surface area (Å²) in [6, 6.07) is 12.8. The summed E-state index contributed by atoms with van der Waals surface area (Å²) < 4.78 is 59.2. The molecule has 0 spiro atoms. The van der Waals surface area contributed by atoms with E-state index in [0.29, 0.717) is 16.7 Å². The molecule has 5 rings (SSSR count). The molecular weight excluding hydrogens is 542 g/mol. The van der Waals surface area contributed by atoms with Crippen LogP contribution in [0, 0.1) is 11.7 Å². The number of amides is 2. The highest BCUT2D eigenvalue weighted by atomic mass is 19.4. The first-order chi connectivity index (χ1) is 19.6. The second-order valence-electron chi connectivity index (χ2n) is 10.0. The zero-order valence-corrected chi connectivity index (χ0v) is 22.0. The summed E-state index contributed by atoms with van der Waals surface area (Å²) in [5.41, 5.74) is 1.48. The number of aliphatic hydroxyl groups excluding tert-OH is 1. The van der Waals surface area contributed by atoms with Crippen LogP contribution in [-0.2, 0) is 6.42 Å². The van der Waals surface area contributed by atoms with Crippen LogP contribution in [0.2, 0.25) is 0 Å². The van der Waals surface area contributed by atoms with E-state index in [1.54, 1.807) is 18.2 Å². The summed E-state index contributed by atoms with van der Waals surface area (Å²) in [5, 5.41) is 15.3. The number of nitrogens with one attached hydrogen (secondary N) is 2. The molecule has 0 aliphatic heterocycles. The van der Waals surface area contributed by atoms with Crippen molar-refractivity contribution in [2.75, 3.05) is 13.7 Å². The fraction of sp³-hybridized carbons (Fsp3) is 0.300. The van der Waals surface area contributed by atoms with Crippen LogP contribution in [0.15, 0.2) is 59.0 Å². The number of aryl methyl sites for hydroxylation is 1. The van der Waals surface area contributed by atoms with Crippen LogP contribution in [0.1, 0.15) is 45.7 Å². The first-order valence-electron chi connectivity index (χ1n) is 13.1. The van der Waals surface area contributed by atoms with Crippen molar-refractivity contribution >= 4 is 22.9 Å². The number of pyridine rings is 1. The molecule has 7 nitrogen and oxygen atoms in total. The molecule has 41 heavy (non-hydrogen) atoms. The Morgan fingerprint density at radius 1 is 1.07 bits per heavy atom. The Hall–Kier alpha value is -4.25. The van der Waals surface area contributed by atoms with Crippen molar-refractivity contribution < 1.29 is 36.7 Å². The number of fused-ring (bicyclic) bond motifs is 1. The summed E-state index contributed by atoms with van der Waals surface area (Å²) in [4.78, 5) is 30.4. The molecule has 0 bridgehead atoms. The maximum absolute atomic E-state index is 13.6. The van der Waals surface area contributed by atoms with Gasteiger partial charge in [-0.05, 0) is 73.2 Å². The van der Waals surface area contributed by atoms with Crippen molar-refractivity contribution in [3.63, 3.8) is 0 Å². The number of alkyl halides is 3. The number of carbonyl (C=O) groups is 2. The Morgan fingerprint density at radius 3 is 2.44 bits per heavy atom. The number of furan rings is 1. The fourth-order valence-electron chi connectivity index (χ4n) is 4.81. The minimum Gasteiger partial charge on any atom is -0.437 e. The molecule has 2 heterocycles. The molecule has 1 aliphatic rings. The quantitative estimate of drug-likeness (QED) is 0.226. The summed E-state index contributed by atoms with van der Waals surface area (Å²) >= 11 is 0. The van der Waals surface area contributed by atoms with Crippen LogP contribution in [0.4, 0.5) is 17.6 Å². The molecule has 0 saturated heterocycles. The van der Waals surface area contributed by atoms with Gasteiger partial charge in [-0.15, -0.1) is 0 Å². The molecule has 0 radical (unpaired) electrons. The lowest BCUT2D eigenvalue weighted by Crippen LogP contribution is -2.39. The van der Waals surface area contributed by atoms with E-state index >= 15 is 0 Å². The molecule has 3 N–H and O–H groups in total. The van der Waals surface area contributed by atoms with Crippen molar-refractivity contribution in [3.05, 3.63) is 77.2 Å². The molecule has 0 unspecified atom stereocenters. The monoisotopic (exact) mass is 569 g/mol. The van der Waals surface area contributed by atoms with Crippen LogP contribution in [0.25, 0.3) is 33.6 Å². The number of rotatable bonds is 9. The van der Waals surface area contributed by atoms with E-state index in [2.05, 4.69) is 15.6 Å². The molecular formula is C30H27F4N3O4. The van der Waals surface area contributed by atoms with Gasteiger partial charge >= 0.3 is 6.18 Å². The number of aliphatic hydroxyl groups is 1. The Kier molecular flexibility index (Phi) is 7.81. The maximum Gasteiger partial charge on any atom is 0.389 e. The van der Waals surface area contributed by atoms with E-state index < -0.39 is 36.6 Å². The lowest BCUT2D eigenvalue weighted by molar-refractivity contribution is -0.134. The van der Waals surface area contributed by atoms with Crippen molar-refractivity contribution in [1.82, 2.24) is 15.6 Å². The maximum atomic E-state index is 13.6. The third-order valence-corrected chi connectivity index (χ3v) is 7.11. The topological polar surface area (TPSA) is 104 Å². The predicted octanol–water partition coefficient (Wildman–Crippen LogP) is 5.66. The van der Waals surface area contributed by atoms with Gasteiger partial charge in [0.1, 0.15) is 11.6 Å². The number of nitrogens with zero attached hydrogens (tertiary/aromatic N) is 1. The number of benzene rings is 2. The third kappa shape index (κ3) is 6.25. The number of aromatic nitrogens is 1. The van der Waals surface area contributed by atoms with Crippen LogP contribution >= 0.6 is 0 Å². The largest absolute Gasteiger partial charge is 0.437 e. The minimum absolute atomic E-state index is 0.0482. The van der Waals surface area contributed by atoms with Crippen molar-refractivity contribution in [2.24, 2.45) is 5.92 Å². The second-order valence-corrected chi connectivity index (χ2v) is 10.0. The van der Waals surface area contributed by atoms with E-state index in [4.69, 9.17) is 4.42 Å². The SMILES string of the molecule is CNC(=O)c1c(-c2ccc(F)cc2)oc2nc(CCC(F)(F)F)c(-c3cccc(C(=O)N[C@@H](CO)C4CC4)c3)cc12. The van der Waals surface area contributed by atoms with Crippen LogP contribution < -0.4 is 10.6 Å². The van der Waals surface area contributed by atoms with Crippen molar-refractivity contribution in [1.29, 1.82) is 0 Å². The molecule has 1 saturated carbocycles. The fourth-order valence-corrected chi connectivity index (χ4v) is 4.81. The Bertz CT molecular complexity index is 1590. The first kappa shape index (κ1) is 28.3. The Labute approximate surface area is 232 Å². The van der Waals surface area contributed by atoms with Gasteiger partial charge in [-0.1, -0.05) is 12.1 Å². The summed E-state index contributed by atoms with van der Waals surface area (Å²) in [6.07, 6.45) is -4.24. The highest BCUT2D eigenvalue weighted by Crippen LogP contribution is 2.38. The van der Waals surface area contributed by atoms with Gasteiger partial charge in [-0.2, -0.15) is 13.2 Å². The number of halogens is 4. The second kappa shape index (κ2) is 11.3. The van der Waals surface area contributed by atoms with Gasteiger partial charge in [0.15, 0.2) is 0 Å². The lowest BCUT2D eigenvalue weighted by atomic mass is 9.96. The van der Waals surface area contributed by atoms with Gasteiger partial charge in [-0.25, -0.2) is 9.37 Å². The summed E-state index contributed by atoms with van der Waals surface area (Å²) in [5.74, 6) is -1.13. The first-order valence-corrected chi connectivity index (χ1v) is 13.1. The van der Waals surface area contributed by atoms with Crippen LogP contribution in [-0.4, -0.2) is 47.8 Å². The minimum atomic E-state index is -4.45. The standard InChI is InChI=1S/C30H27F4N3O4/c1-35-28(40)25-22-14-21(18-3-2-4-19(13-18)27(39)36-24(15-38)16-5-6-16)23(11-12-30(32,33)34)37-29(22)41-26(25)17-7-9-20(31)10-8-17/h2-4,7-10,13-14,16,24,38H,5-6,11-12,15H2,1H3,(H,35,40)(H,36,39)/t24-/m0/s1. The van der Waals surface area contributed by atoms with Gasteiger partial charge in [0.25, 0.3) is 11.8 Å². The molecule has 11 heteroatoms. The summed E-state index contributed by atoms with van der Waals surface area (Å²) in [6.45, 7) is -0.197. The predicted molar refractivity (Wildman–Crippen MR) is 144 cm³/mol. The van der Waals surface area contributed by atoms with Crippen molar-refractivity contribution in [2.45, 2.75) is 37.9 Å². The van der Waals surface area contributed by atoms with Gasteiger partial charge < -0.3 is 20.2 Å². The van der Waals surface area contributed by atoms with Crippen LogP contribution in [0.5, 0.6) is 0 Å². The average molecular weight is 570 g/mol. The van der Waals surface area contributed by atoms with Gasteiger partial charge in [-0.3, -0.25) is 9.59 Å². The average Bonchev–Trinajstić information content (AvgIpc) is 3.74. The molecule has 2 aromatic heterocycles. The molecule has 2 amide bonds. The Balaban J connectivity index is 1.64. The van der Waals surface area contributed by atoms with E-state index in [9.17, 15) is 32.3 Å². The van der Waals surface area contributed by atoms with E-state index in [1.807, 2.05) is 0 Å². The smallest absolute Gasteiger partial charge is 0.389 e. The zero-order valence-electron chi connectivity index (χ0n) is 22.0. The number of hydrogen-bond acceptors (Lipinski definition) is 5. The van der Waals surface area contributed by atoms with E-state index in [0.717, 1.165) is 12.8 Å². The molecule has 4 aromatic rings. The number of hydrogen-bond donors (Lipinski definition) is 3. The van der Waals surface area contributed by atoms with E-state index in [-0.39, 0.29) is 52.2 Å².